The predicted octanol–water partition coefficient (Wildman–Crippen LogP) is 2.62. The lowest BCUT2D eigenvalue weighted by Gasteiger charge is -2.32. The minimum absolute atomic E-state index is 0. The number of rotatable bonds is 2. The van der Waals surface area contributed by atoms with Crippen molar-refractivity contribution >= 4 is 29.9 Å². The molecule has 0 atom stereocenters. The molecule has 26 heavy (non-hydrogen) atoms. The van der Waals surface area contributed by atoms with Gasteiger partial charge in [-0.05, 0) is 31.0 Å². The van der Waals surface area contributed by atoms with Gasteiger partial charge in [0.1, 0.15) is 17.5 Å². The van der Waals surface area contributed by atoms with Crippen molar-refractivity contribution < 1.29 is 9.18 Å². The molecule has 6 nitrogen and oxygen atoms in total. The van der Waals surface area contributed by atoms with Gasteiger partial charge in [0.05, 0.1) is 11.6 Å². The Balaban J connectivity index is 0.00000196. The number of likely N-dealkylation sites (tertiary alicyclic amines) is 1. The van der Waals surface area contributed by atoms with Gasteiger partial charge in [-0.25, -0.2) is 4.39 Å². The smallest absolute Gasteiger partial charge is 0.253 e. The average Bonchev–Trinajstić information content (AvgIpc) is 3.08. The van der Waals surface area contributed by atoms with Gasteiger partial charge in [-0.15, -0.1) is 22.6 Å². The first-order valence-corrected chi connectivity index (χ1v) is 8.88. The van der Waals surface area contributed by atoms with E-state index in [4.69, 9.17) is 11.6 Å². The normalized spacial score (nSPS) is 17.5. The van der Waals surface area contributed by atoms with Gasteiger partial charge in [0, 0.05) is 37.7 Å². The highest BCUT2D eigenvalue weighted by atomic mass is 35.5. The Morgan fingerprint density at radius 3 is 2.73 bits per heavy atom. The molecule has 0 bridgehead atoms. The van der Waals surface area contributed by atoms with Gasteiger partial charge in [-0.3, -0.25) is 4.79 Å². The summed E-state index contributed by atoms with van der Waals surface area (Å²) in [5, 5.41) is 11.9. The Kier molecular flexibility index (Phi) is 5.79. The van der Waals surface area contributed by atoms with Crippen LogP contribution < -0.4 is 5.32 Å². The highest BCUT2D eigenvalue weighted by molar-refractivity contribution is 6.31. The molecule has 0 unspecified atom stereocenters. The number of aromatic nitrogens is 3. The highest BCUT2D eigenvalue weighted by Gasteiger charge is 2.29. The van der Waals surface area contributed by atoms with Gasteiger partial charge in [0.2, 0.25) is 0 Å². The Morgan fingerprint density at radius 1 is 1.23 bits per heavy atom. The van der Waals surface area contributed by atoms with Crippen molar-refractivity contribution in [3.63, 3.8) is 0 Å². The Bertz CT molecular complexity index is 804. The van der Waals surface area contributed by atoms with E-state index in [1.807, 2.05) is 0 Å². The molecule has 1 fully saturated rings. The maximum Gasteiger partial charge on any atom is 0.253 e. The minimum Gasteiger partial charge on any atom is -0.339 e. The summed E-state index contributed by atoms with van der Waals surface area (Å²) in [5.74, 6) is 1.73. The molecule has 2 aromatic rings. The molecule has 1 aromatic heterocycles. The van der Waals surface area contributed by atoms with Gasteiger partial charge >= 0.3 is 0 Å². The topological polar surface area (TPSA) is 63.1 Å². The maximum absolute atomic E-state index is 13.3. The van der Waals surface area contributed by atoms with Gasteiger partial charge in [0.15, 0.2) is 0 Å². The Labute approximate surface area is 162 Å². The zero-order chi connectivity index (χ0) is 17.4. The van der Waals surface area contributed by atoms with Crippen LogP contribution in [0.25, 0.3) is 0 Å². The first-order chi connectivity index (χ1) is 12.1. The van der Waals surface area contributed by atoms with Crippen molar-refractivity contribution in [3.05, 3.63) is 46.3 Å². The van der Waals surface area contributed by atoms with Crippen LogP contribution >= 0.6 is 24.0 Å². The minimum atomic E-state index is -0.511. The largest absolute Gasteiger partial charge is 0.339 e. The molecule has 0 saturated carbocycles. The molecule has 9 heteroatoms. The molecule has 3 heterocycles. The number of hydrogen-bond donors (Lipinski definition) is 1. The van der Waals surface area contributed by atoms with Crippen molar-refractivity contribution in [2.75, 3.05) is 19.6 Å². The van der Waals surface area contributed by atoms with Crippen molar-refractivity contribution in [1.29, 1.82) is 0 Å². The fourth-order valence-electron chi connectivity index (χ4n) is 3.57. The average molecular weight is 400 g/mol. The fourth-order valence-corrected chi connectivity index (χ4v) is 3.75. The molecule has 4 rings (SSSR count). The number of fused-ring (bicyclic) bond motifs is 1. The van der Waals surface area contributed by atoms with E-state index in [1.165, 1.54) is 18.2 Å². The van der Waals surface area contributed by atoms with Crippen molar-refractivity contribution in [2.24, 2.45) is 0 Å². The van der Waals surface area contributed by atoms with E-state index in [9.17, 15) is 9.18 Å². The maximum atomic E-state index is 13.3. The molecule has 1 amide bonds. The molecule has 1 saturated heterocycles. The molecule has 2 aliphatic rings. The quantitative estimate of drug-likeness (QED) is 0.842. The number of piperidine rings is 1. The fraction of sp³-hybridized carbons (Fsp3) is 0.471. The molecule has 2 aliphatic heterocycles. The zero-order valence-electron chi connectivity index (χ0n) is 14.1. The standard InChI is InChI=1S/C17H19ClFN5O.ClH/c18-13-9-12(1-2-14(13)19)17(25)23-6-3-11(4-7-23)16-22-21-15-10-20-5-8-24(15)16;/h1-2,9,11,20H,3-8,10H2;1H. The second-order valence-electron chi connectivity index (χ2n) is 6.50. The molecule has 0 aliphatic carbocycles. The summed E-state index contributed by atoms with van der Waals surface area (Å²) in [5.41, 5.74) is 0.427. The molecule has 0 radical (unpaired) electrons. The summed E-state index contributed by atoms with van der Waals surface area (Å²) in [6, 6.07) is 4.11. The number of nitrogens with one attached hydrogen (secondary N) is 1. The second kappa shape index (κ2) is 7.90. The first-order valence-electron chi connectivity index (χ1n) is 8.50. The van der Waals surface area contributed by atoms with Crippen LogP contribution in [0, 0.1) is 5.82 Å². The second-order valence-corrected chi connectivity index (χ2v) is 6.91. The third-order valence-corrected chi connectivity index (χ3v) is 5.25. The number of carbonyl (C=O) groups is 1. The van der Waals surface area contributed by atoms with Crippen molar-refractivity contribution in [2.45, 2.75) is 31.8 Å². The number of halogens is 3. The van der Waals surface area contributed by atoms with Crippen LogP contribution in [0.4, 0.5) is 4.39 Å². The van der Waals surface area contributed by atoms with E-state index >= 15 is 0 Å². The lowest BCUT2D eigenvalue weighted by molar-refractivity contribution is 0.0710. The van der Waals surface area contributed by atoms with Gasteiger partial charge in [-0.1, -0.05) is 11.6 Å². The van der Waals surface area contributed by atoms with Crippen LogP contribution in [0.15, 0.2) is 18.2 Å². The van der Waals surface area contributed by atoms with Crippen molar-refractivity contribution in [3.8, 4) is 0 Å². The van der Waals surface area contributed by atoms with E-state index in [2.05, 4.69) is 20.1 Å². The SMILES string of the molecule is Cl.O=C(c1ccc(F)c(Cl)c1)N1CCC(c2nnc3n2CCNC3)CC1. The third-order valence-electron chi connectivity index (χ3n) is 4.97. The summed E-state index contributed by atoms with van der Waals surface area (Å²) >= 11 is 5.79. The number of hydrogen-bond acceptors (Lipinski definition) is 4. The van der Waals surface area contributed by atoms with E-state index in [0.717, 1.165) is 44.1 Å². The molecule has 1 N–H and O–H groups in total. The molecule has 140 valence electrons. The summed E-state index contributed by atoms with van der Waals surface area (Å²) in [7, 11) is 0. The van der Waals surface area contributed by atoms with E-state index in [0.29, 0.717) is 24.6 Å². The molecular formula is C17H20Cl2FN5O. The van der Waals surface area contributed by atoms with Crippen LogP contribution in [-0.2, 0) is 13.1 Å². The summed E-state index contributed by atoms with van der Waals surface area (Å²) < 4.78 is 15.5. The summed E-state index contributed by atoms with van der Waals surface area (Å²) in [6.07, 6.45) is 1.71. The van der Waals surface area contributed by atoms with Crippen LogP contribution in [0.3, 0.4) is 0 Å². The molecule has 0 spiro atoms. The van der Waals surface area contributed by atoms with Crippen LogP contribution in [-0.4, -0.2) is 45.2 Å². The lowest BCUT2D eigenvalue weighted by atomic mass is 9.95. The van der Waals surface area contributed by atoms with Gasteiger partial charge < -0.3 is 14.8 Å². The summed E-state index contributed by atoms with van der Waals surface area (Å²) in [4.78, 5) is 14.4. The Hall–Kier alpha value is -1.70. The van der Waals surface area contributed by atoms with E-state index < -0.39 is 5.82 Å². The van der Waals surface area contributed by atoms with Crippen LogP contribution in [0.1, 0.15) is 40.8 Å². The zero-order valence-corrected chi connectivity index (χ0v) is 15.7. The van der Waals surface area contributed by atoms with E-state index in [-0.39, 0.29) is 23.3 Å². The summed E-state index contributed by atoms with van der Waals surface area (Å²) in [6.45, 7) is 3.89. The first kappa shape index (κ1) is 19.1. The number of benzene rings is 1. The molecule has 1 aromatic carbocycles. The van der Waals surface area contributed by atoms with Crippen molar-refractivity contribution in [1.82, 2.24) is 25.0 Å². The number of nitrogens with zero attached hydrogens (tertiary/aromatic N) is 4. The highest BCUT2D eigenvalue weighted by Crippen LogP contribution is 2.29. The molecular weight excluding hydrogens is 380 g/mol. The number of carbonyl (C=O) groups excluding carboxylic acids is 1. The monoisotopic (exact) mass is 399 g/mol. The van der Waals surface area contributed by atoms with Crippen LogP contribution in [0.2, 0.25) is 5.02 Å². The Morgan fingerprint density at radius 2 is 2.00 bits per heavy atom. The third kappa shape index (κ3) is 3.56. The van der Waals surface area contributed by atoms with E-state index in [1.54, 1.807) is 4.90 Å². The van der Waals surface area contributed by atoms with Gasteiger partial charge in [-0.2, -0.15) is 0 Å². The van der Waals surface area contributed by atoms with Crippen LogP contribution in [0.5, 0.6) is 0 Å². The number of amides is 1. The van der Waals surface area contributed by atoms with Gasteiger partial charge in [0.25, 0.3) is 5.91 Å². The predicted molar refractivity (Wildman–Crippen MR) is 98.3 cm³/mol. The lowest BCUT2D eigenvalue weighted by Crippen LogP contribution is -2.39.